The van der Waals surface area contributed by atoms with Crippen molar-refractivity contribution in [3.63, 3.8) is 0 Å². The lowest BCUT2D eigenvalue weighted by molar-refractivity contribution is 0.163. The molecule has 0 unspecified atom stereocenters. The fraction of sp³-hybridized carbons (Fsp3) is 0.500. The molecule has 0 aliphatic rings. The van der Waals surface area contributed by atoms with Crippen molar-refractivity contribution in [1.29, 1.82) is 0 Å². The Kier molecular flexibility index (Phi) is 6.00. The summed E-state index contributed by atoms with van der Waals surface area (Å²) in [7, 11) is 0. The standard InChI is InChI=1S/C18H25NO/c1-2-3-4-5-6-7-10-18(20)16-12-11-15-9-8-13-19-17(15)14-16/h8-9,11-14,18,20H,2-7,10H2,1H3/t18-/m1/s1. The Morgan fingerprint density at radius 1 is 1.05 bits per heavy atom. The van der Waals surface area contributed by atoms with Gasteiger partial charge >= 0.3 is 0 Å². The third-order valence-electron chi connectivity index (χ3n) is 3.85. The number of pyridine rings is 1. The normalized spacial score (nSPS) is 12.7. The molecule has 108 valence electrons. The Balaban J connectivity index is 1.83. The van der Waals surface area contributed by atoms with Gasteiger partial charge in [0, 0.05) is 11.6 Å². The van der Waals surface area contributed by atoms with Crippen molar-refractivity contribution in [2.45, 2.75) is 58.0 Å². The van der Waals surface area contributed by atoms with Crippen LogP contribution < -0.4 is 0 Å². The fourth-order valence-corrected chi connectivity index (χ4v) is 2.58. The molecule has 0 radical (unpaired) electrons. The lowest BCUT2D eigenvalue weighted by atomic mass is 10.0. The molecule has 2 heteroatoms. The summed E-state index contributed by atoms with van der Waals surface area (Å²) in [6, 6.07) is 10.1. The number of nitrogens with zero attached hydrogens (tertiary/aromatic N) is 1. The third-order valence-corrected chi connectivity index (χ3v) is 3.85. The van der Waals surface area contributed by atoms with Gasteiger partial charge in [0.05, 0.1) is 11.6 Å². The second-order valence-corrected chi connectivity index (χ2v) is 5.53. The van der Waals surface area contributed by atoms with Gasteiger partial charge in [-0.25, -0.2) is 0 Å². The average molecular weight is 271 g/mol. The van der Waals surface area contributed by atoms with Gasteiger partial charge in [0.2, 0.25) is 0 Å². The molecule has 0 bridgehead atoms. The van der Waals surface area contributed by atoms with Crippen LogP contribution in [0.25, 0.3) is 10.9 Å². The van der Waals surface area contributed by atoms with Crippen LogP contribution in [0.3, 0.4) is 0 Å². The molecule has 2 aromatic rings. The highest BCUT2D eigenvalue weighted by Gasteiger charge is 2.08. The summed E-state index contributed by atoms with van der Waals surface area (Å²) in [5.74, 6) is 0. The van der Waals surface area contributed by atoms with Gasteiger partial charge in [0.15, 0.2) is 0 Å². The number of hydrogen-bond acceptors (Lipinski definition) is 2. The number of aromatic nitrogens is 1. The van der Waals surface area contributed by atoms with Crippen LogP contribution in [-0.4, -0.2) is 10.1 Å². The topological polar surface area (TPSA) is 33.1 Å². The number of unbranched alkanes of at least 4 members (excludes halogenated alkanes) is 5. The molecule has 0 aliphatic carbocycles. The van der Waals surface area contributed by atoms with Gasteiger partial charge in [-0.05, 0) is 24.1 Å². The van der Waals surface area contributed by atoms with Crippen LogP contribution in [-0.2, 0) is 0 Å². The highest BCUT2D eigenvalue weighted by molar-refractivity contribution is 5.78. The number of fused-ring (bicyclic) bond motifs is 1. The molecule has 0 aliphatic heterocycles. The van der Waals surface area contributed by atoms with E-state index in [0.717, 1.165) is 29.3 Å². The molecule has 0 fully saturated rings. The van der Waals surface area contributed by atoms with Crippen LogP contribution in [0.2, 0.25) is 0 Å². The molecule has 1 aromatic heterocycles. The quantitative estimate of drug-likeness (QED) is 0.684. The summed E-state index contributed by atoms with van der Waals surface area (Å²) < 4.78 is 0. The Morgan fingerprint density at radius 2 is 1.85 bits per heavy atom. The van der Waals surface area contributed by atoms with E-state index in [1.807, 2.05) is 30.3 Å². The van der Waals surface area contributed by atoms with E-state index in [4.69, 9.17) is 0 Å². The first-order chi connectivity index (χ1) is 9.81. The van der Waals surface area contributed by atoms with E-state index >= 15 is 0 Å². The Labute approximate surface area is 121 Å². The summed E-state index contributed by atoms with van der Waals surface area (Å²) in [4.78, 5) is 4.34. The lowest BCUT2D eigenvalue weighted by Gasteiger charge is -2.11. The highest BCUT2D eigenvalue weighted by Crippen LogP contribution is 2.23. The van der Waals surface area contributed by atoms with Gasteiger partial charge in [0.1, 0.15) is 0 Å². The van der Waals surface area contributed by atoms with Crippen LogP contribution in [0, 0.1) is 0 Å². The summed E-state index contributed by atoms with van der Waals surface area (Å²) >= 11 is 0. The van der Waals surface area contributed by atoms with Gasteiger partial charge in [-0.1, -0.05) is 63.6 Å². The van der Waals surface area contributed by atoms with E-state index in [1.165, 1.54) is 32.1 Å². The van der Waals surface area contributed by atoms with E-state index in [1.54, 1.807) is 6.20 Å². The van der Waals surface area contributed by atoms with E-state index < -0.39 is 0 Å². The maximum atomic E-state index is 10.3. The van der Waals surface area contributed by atoms with Crippen molar-refractivity contribution in [2.24, 2.45) is 0 Å². The van der Waals surface area contributed by atoms with Crippen molar-refractivity contribution in [2.75, 3.05) is 0 Å². The Hall–Kier alpha value is -1.41. The second kappa shape index (κ2) is 8.01. The summed E-state index contributed by atoms with van der Waals surface area (Å²) in [6.45, 7) is 2.23. The van der Waals surface area contributed by atoms with Crippen molar-refractivity contribution in [3.05, 3.63) is 42.1 Å². The molecule has 2 nitrogen and oxygen atoms in total. The first-order valence-electron chi connectivity index (χ1n) is 7.84. The molecular formula is C18H25NO. The first kappa shape index (κ1) is 15.0. The maximum Gasteiger partial charge on any atom is 0.0790 e. The van der Waals surface area contributed by atoms with Gasteiger partial charge in [-0.15, -0.1) is 0 Å². The monoisotopic (exact) mass is 271 g/mol. The molecule has 0 saturated carbocycles. The van der Waals surface area contributed by atoms with Crippen molar-refractivity contribution in [1.82, 2.24) is 4.98 Å². The van der Waals surface area contributed by atoms with E-state index in [2.05, 4.69) is 11.9 Å². The molecule has 20 heavy (non-hydrogen) atoms. The number of aliphatic hydroxyl groups is 1. The van der Waals surface area contributed by atoms with Crippen LogP contribution >= 0.6 is 0 Å². The molecule has 2 rings (SSSR count). The van der Waals surface area contributed by atoms with Gasteiger partial charge < -0.3 is 5.11 Å². The summed E-state index contributed by atoms with van der Waals surface area (Å²) in [5, 5.41) is 11.4. The zero-order valence-electron chi connectivity index (χ0n) is 12.4. The van der Waals surface area contributed by atoms with Crippen LogP contribution in [0.4, 0.5) is 0 Å². The van der Waals surface area contributed by atoms with E-state index in [-0.39, 0.29) is 6.10 Å². The van der Waals surface area contributed by atoms with E-state index in [9.17, 15) is 5.11 Å². The minimum Gasteiger partial charge on any atom is -0.388 e. The molecule has 1 atom stereocenters. The fourth-order valence-electron chi connectivity index (χ4n) is 2.58. The van der Waals surface area contributed by atoms with Crippen LogP contribution in [0.15, 0.2) is 36.5 Å². The smallest absolute Gasteiger partial charge is 0.0790 e. The molecule has 0 saturated heterocycles. The zero-order chi connectivity index (χ0) is 14.2. The Bertz CT molecular complexity index is 524. The summed E-state index contributed by atoms with van der Waals surface area (Å²) in [6.07, 6.45) is 9.86. The number of rotatable bonds is 8. The predicted octanol–water partition coefficient (Wildman–Crippen LogP) is 5.02. The van der Waals surface area contributed by atoms with Gasteiger partial charge in [-0.2, -0.15) is 0 Å². The number of hydrogen-bond donors (Lipinski definition) is 1. The number of aliphatic hydroxyl groups excluding tert-OH is 1. The van der Waals surface area contributed by atoms with Crippen molar-refractivity contribution < 1.29 is 5.11 Å². The molecule has 1 aromatic carbocycles. The minimum absolute atomic E-state index is 0.354. The van der Waals surface area contributed by atoms with Crippen LogP contribution in [0.1, 0.15) is 63.5 Å². The maximum absolute atomic E-state index is 10.3. The molecule has 0 spiro atoms. The second-order valence-electron chi connectivity index (χ2n) is 5.53. The molecular weight excluding hydrogens is 246 g/mol. The summed E-state index contributed by atoms with van der Waals surface area (Å²) in [5.41, 5.74) is 1.96. The molecule has 1 N–H and O–H groups in total. The van der Waals surface area contributed by atoms with Gasteiger partial charge in [0.25, 0.3) is 0 Å². The lowest BCUT2D eigenvalue weighted by Crippen LogP contribution is -1.97. The van der Waals surface area contributed by atoms with Crippen LogP contribution in [0.5, 0.6) is 0 Å². The van der Waals surface area contributed by atoms with E-state index in [0.29, 0.717) is 0 Å². The molecule has 0 amide bonds. The predicted molar refractivity (Wildman–Crippen MR) is 84.7 cm³/mol. The largest absolute Gasteiger partial charge is 0.388 e. The van der Waals surface area contributed by atoms with Crippen molar-refractivity contribution >= 4 is 10.9 Å². The third kappa shape index (κ3) is 4.31. The van der Waals surface area contributed by atoms with Crippen molar-refractivity contribution in [3.8, 4) is 0 Å². The SMILES string of the molecule is CCCCCCCC[C@@H](O)c1ccc2cccnc2c1. The average Bonchev–Trinajstić information content (AvgIpc) is 2.50. The minimum atomic E-state index is -0.354. The molecule has 1 heterocycles. The first-order valence-corrected chi connectivity index (χ1v) is 7.84. The number of benzene rings is 1. The zero-order valence-corrected chi connectivity index (χ0v) is 12.4. The highest BCUT2D eigenvalue weighted by atomic mass is 16.3. The Morgan fingerprint density at radius 3 is 2.70 bits per heavy atom. The van der Waals surface area contributed by atoms with Gasteiger partial charge in [-0.3, -0.25) is 4.98 Å².